The molecular formula is C15H19N3O5. The third kappa shape index (κ3) is 4.41. The number of fused-ring (bicyclic) bond motifs is 1. The van der Waals surface area contributed by atoms with E-state index in [2.05, 4.69) is 19.2 Å². The molecule has 0 spiro atoms. The third-order valence-electron chi connectivity index (χ3n) is 3.42. The summed E-state index contributed by atoms with van der Waals surface area (Å²) in [5.74, 6) is -0.162. The van der Waals surface area contributed by atoms with Crippen molar-refractivity contribution in [3.8, 4) is 5.75 Å². The first-order valence-corrected chi connectivity index (χ1v) is 7.37. The number of hydrogen-bond donors (Lipinski definition) is 1. The number of benzene rings is 1. The molecule has 2 rings (SSSR count). The summed E-state index contributed by atoms with van der Waals surface area (Å²) in [6.45, 7) is 4.63. The van der Waals surface area contributed by atoms with Crippen LogP contribution in [0.1, 0.15) is 20.3 Å². The van der Waals surface area contributed by atoms with E-state index in [1.807, 2.05) is 0 Å². The predicted octanol–water partition coefficient (Wildman–Crippen LogP) is 1.48. The number of anilines is 1. The van der Waals surface area contributed by atoms with E-state index in [-0.39, 0.29) is 30.4 Å². The van der Waals surface area contributed by atoms with Crippen molar-refractivity contribution in [2.45, 2.75) is 20.3 Å². The Hall–Kier alpha value is -2.64. The van der Waals surface area contributed by atoms with Crippen molar-refractivity contribution in [1.82, 2.24) is 5.32 Å². The highest BCUT2D eigenvalue weighted by atomic mass is 16.6. The number of non-ortho nitro benzene ring substituents is 1. The van der Waals surface area contributed by atoms with Crippen molar-refractivity contribution in [2.24, 2.45) is 5.92 Å². The van der Waals surface area contributed by atoms with E-state index >= 15 is 0 Å². The first-order valence-electron chi connectivity index (χ1n) is 7.37. The Morgan fingerprint density at radius 1 is 1.48 bits per heavy atom. The van der Waals surface area contributed by atoms with E-state index in [0.29, 0.717) is 18.2 Å². The largest absolute Gasteiger partial charge is 0.423 e. The molecule has 1 aromatic carbocycles. The monoisotopic (exact) mass is 321 g/mol. The summed E-state index contributed by atoms with van der Waals surface area (Å²) in [6, 6.07) is 4.00. The zero-order valence-electron chi connectivity index (χ0n) is 13.1. The molecule has 0 unspecified atom stereocenters. The van der Waals surface area contributed by atoms with Gasteiger partial charge < -0.3 is 15.0 Å². The average molecular weight is 321 g/mol. The summed E-state index contributed by atoms with van der Waals surface area (Å²) < 4.78 is 5.03. The van der Waals surface area contributed by atoms with E-state index in [9.17, 15) is 19.7 Å². The molecule has 8 nitrogen and oxygen atoms in total. The first kappa shape index (κ1) is 16.7. The van der Waals surface area contributed by atoms with Crippen LogP contribution in [0.5, 0.6) is 5.75 Å². The lowest BCUT2D eigenvalue weighted by atomic mass is 10.1. The van der Waals surface area contributed by atoms with E-state index < -0.39 is 10.9 Å². The van der Waals surface area contributed by atoms with Crippen LogP contribution in [0, 0.1) is 16.0 Å². The smallest absolute Gasteiger partial charge is 0.331 e. The van der Waals surface area contributed by atoms with Crippen LogP contribution in [-0.4, -0.2) is 36.4 Å². The van der Waals surface area contributed by atoms with Gasteiger partial charge in [0.2, 0.25) is 5.91 Å². The van der Waals surface area contributed by atoms with Gasteiger partial charge in [0.15, 0.2) is 5.75 Å². The second kappa shape index (κ2) is 7.08. The molecule has 1 N–H and O–H groups in total. The Balaban J connectivity index is 2.08. The lowest BCUT2D eigenvalue weighted by Crippen LogP contribution is -2.43. The van der Waals surface area contributed by atoms with E-state index in [1.165, 1.54) is 18.2 Å². The predicted molar refractivity (Wildman–Crippen MR) is 83.4 cm³/mol. The number of carbonyl (C=O) groups is 2. The fourth-order valence-corrected chi connectivity index (χ4v) is 2.23. The molecule has 8 heteroatoms. The number of carbonyl (C=O) groups excluding carboxylic acids is 2. The number of esters is 1. The van der Waals surface area contributed by atoms with E-state index in [0.717, 1.165) is 6.42 Å². The zero-order chi connectivity index (χ0) is 17.0. The van der Waals surface area contributed by atoms with Crippen molar-refractivity contribution in [3.05, 3.63) is 28.3 Å². The Morgan fingerprint density at radius 2 is 2.22 bits per heavy atom. The number of ether oxygens (including phenoxy) is 1. The number of nitrogens with one attached hydrogen (secondary N) is 1. The molecular weight excluding hydrogens is 302 g/mol. The second-order valence-corrected chi connectivity index (χ2v) is 5.77. The van der Waals surface area contributed by atoms with Crippen LogP contribution < -0.4 is 15.0 Å². The summed E-state index contributed by atoms with van der Waals surface area (Å²) in [5, 5.41) is 13.6. The quantitative estimate of drug-likeness (QED) is 0.368. The van der Waals surface area contributed by atoms with Crippen molar-refractivity contribution < 1.29 is 19.2 Å². The topological polar surface area (TPSA) is 102 Å². The summed E-state index contributed by atoms with van der Waals surface area (Å²) >= 11 is 0. The summed E-state index contributed by atoms with van der Waals surface area (Å²) in [6.07, 6.45) is 0.872. The zero-order valence-corrected chi connectivity index (χ0v) is 13.1. The molecule has 1 heterocycles. The molecule has 0 atom stereocenters. The average Bonchev–Trinajstić information content (AvgIpc) is 2.45. The highest BCUT2D eigenvalue weighted by molar-refractivity contribution is 5.89. The number of nitro groups is 1. The van der Waals surface area contributed by atoms with Crippen molar-refractivity contribution >= 4 is 23.3 Å². The minimum Gasteiger partial charge on any atom is -0.423 e. The molecule has 0 saturated carbocycles. The maximum atomic E-state index is 12.0. The fourth-order valence-electron chi connectivity index (χ4n) is 2.23. The Bertz CT molecular complexity index is 630. The van der Waals surface area contributed by atoms with Gasteiger partial charge >= 0.3 is 5.97 Å². The van der Waals surface area contributed by atoms with Crippen LogP contribution in [-0.2, 0) is 9.59 Å². The Kier molecular flexibility index (Phi) is 5.15. The van der Waals surface area contributed by atoms with E-state index in [1.54, 1.807) is 4.90 Å². The molecule has 0 radical (unpaired) electrons. The number of hydrogen-bond acceptors (Lipinski definition) is 6. The van der Waals surface area contributed by atoms with Crippen LogP contribution >= 0.6 is 0 Å². The van der Waals surface area contributed by atoms with Gasteiger partial charge in [-0.15, -0.1) is 0 Å². The molecule has 0 bridgehead atoms. The second-order valence-electron chi connectivity index (χ2n) is 5.77. The first-order chi connectivity index (χ1) is 10.9. The van der Waals surface area contributed by atoms with Gasteiger partial charge in [0.25, 0.3) is 5.69 Å². The maximum Gasteiger partial charge on any atom is 0.331 e. The number of nitro benzene ring substituents is 1. The molecule has 23 heavy (non-hydrogen) atoms. The van der Waals surface area contributed by atoms with E-state index in [4.69, 9.17) is 4.74 Å². The minimum absolute atomic E-state index is 0.00198. The molecule has 0 fully saturated rings. The van der Waals surface area contributed by atoms with Gasteiger partial charge in [-0.1, -0.05) is 13.8 Å². The Morgan fingerprint density at radius 3 is 2.87 bits per heavy atom. The van der Waals surface area contributed by atoms with Gasteiger partial charge in [0, 0.05) is 12.6 Å². The minimum atomic E-state index is -0.564. The van der Waals surface area contributed by atoms with Crippen LogP contribution in [0.25, 0.3) is 0 Å². The standard InChI is InChI=1S/C15H19N3O5/c1-10(2)5-6-16-14(19)8-17-9-15(20)23-13-7-11(18(21)22)3-4-12(13)17/h3-4,7,10H,5-6,8-9H2,1-2H3,(H,16,19). The molecule has 1 aliphatic rings. The fraction of sp³-hybridized carbons (Fsp3) is 0.467. The molecule has 0 aromatic heterocycles. The lowest BCUT2D eigenvalue weighted by molar-refractivity contribution is -0.384. The van der Waals surface area contributed by atoms with Crippen LogP contribution in [0.3, 0.4) is 0 Å². The van der Waals surface area contributed by atoms with Crippen LogP contribution in [0.4, 0.5) is 11.4 Å². The van der Waals surface area contributed by atoms with Gasteiger partial charge in [-0.3, -0.25) is 14.9 Å². The van der Waals surface area contributed by atoms with Gasteiger partial charge in [-0.2, -0.15) is 0 Å². The van der Waals surface area contributed by atoms with Gasteiger partial charge in [-0.05, 0) is 18.4 Å². The highest BCUT2D eigenvalue weighted by Gasteiger charge is 2.27. The molecule has 0 saturated heterocycles. The number of nitrogens with zero attached hydrogens (tertiary/aromatic N) is 2. The van der Waals surface area contributed by atoms with Crippen LogP contribution in [0.2, 0.25) is 0 Å². The molecule has 0 aliphatic carbocycles. The van der Waals surface area contributed by atoms with Crippen molar-refractivity contribution in [3.63, 3.8) is 0 Å². The Labute approximate surface area is 133 Å². The van der Waals surface area contributed by atoms with Gasteiger partial charge in [0.05, 0.1) is 23.2 Å². The molecule has 124 valence electrons. The summed E-state index contributed by atoms with van der Waals surface area (Å²) in [5.41, 5.74) is 0.328. The number of rotatable bonds is 6. The molecule has 1 amide bonds. The summed E-state index contributed by atoms with van der Waals surface area (Å²) in [4.78, 5) is 35.4. The maximum absolute atomic E-state index is 12.0. The molecule has 1 aromatic rings. The normalized spacial score (nSPS) is 13.5. The lowest BCUT2D eigenvalue weighted by Gasteiger charge is -2.29. The molecule has 1 aliphatic heterocycles. The summed E-state index contributed by atoms with van der Waals surface area (Å²) in [7, 11) is 0. The van der Waals surface area contributed by atoms with Crippen LogP contribution in [0.15, 0.2) is 18.2 Å². The number of amides is 1. The highest BCUT2D eigenvalue weighted by Crippen LogP contribution is 2.34. The SMILES string of the molecule is CC(C)CCNC(=O)CN1CC(=O)Oc2cc([N+](=O)[O-])ccc21. The van der Waals surface area contributed by atoms with Gasteiger partial charge in [-0.25, -0.2) is 4.79 Å². The third-order valence-corrected chi connectivity index (χ3v) is 3.42. The van der Waals surface area contributed by atoms with Gasteiger partial charge in [0.1, 0.15) is 6.54 Å². The van der Waals surface area contributed by atoms with Crippen molar-refractivity contribution in [1.29, 1.82) is 0 Å². The van der Waals surface area contributed by atoms with Crippen molar-refractivity contribution in [2.75, 3.05) is 24.5 Å².